The lowest BCUT2D eigenvalue weighted by Gasteiger charge is -2.19. The molecule has 5 nitrogen and oxygen atoms in total. The van der Waals surface area contributed by atoms with E-state index in [-0.39, 0.29) is 19.6 Å². The van der Waals surface area contributed by atoms with Crippen LogP contribution < -0.4 is 0 Å². The van der Waals surface area contributed by atoms with Gasteiger partial charge in [-0.05, 0) is 13.8 Å². The summed E-state index contributed by atoms with van der Waals surface area (Å²) < 4.78 is 34.6. The highest BCUT2D eigenvalue weighted by Crippen LogP contribution is 2.55. The van der Waals surface area contributed by atoms with Gasteiger partial charge in [-0.15, -0.1) is 0 Å². The van der Waals surface area contributed by atoms with Gasteiger partial charge in [0.25, 0.3) is 0 Å². The third kappa shape index (κ3) is 5.25. The van der Waals surface area contributed by atoms with E-state index in [1.807, 2.05) is 0 Å². The Hall–Kier alpha value is -0.450. The normalized spacial score (nSPS) is 13.8. The second kappa shape index (κ2) is 6.93. The van der Waals surface area contributed by atoms with E-state index in [2.05, 4.69) is 0 Å². The van der Waals surface area contributed by atoms with Crippen LogP contribution in [0.5, 0.6) is 0 Å². The van der Waals surface area contributed by atoms with Crippen molar-refractivity contribution in [1.82, 2.24) is 0 Å². The monoisotopic (exact) mass is 242 g/mol. The molecule has 0 rings (SSSR count). The first kappa shape index (κ1) is 14.6. The Morgan fingerprint density at radius 2 is 1.87 bits per heavy atom. The van der Waals surface area contributed by atoms with Crippen LogP contribution in [0.3, 0.4) is 0 Å². The highest BCUT2D eigenvalue weighted by molar-refractivity contribution is 7.54. The van der Waals surface area contributed by atoms with Crippen LogP contribution >= 0.6 is 7.60 Å². The minimum absolute atomic E-state index is 0.0603. The van der Waals surface area contributed by atoms with Crippen molar-refractivity contribution in [1.29, 1.82) is 0 Å². The first-order valence-corrected chi connectivity index (χ1v) is 6.32. The highest BCUT2D eigenvalue weighted by atomic mass is 31.2. The fourth-order valence-corrected chi connectivity index (χ4v) is 2.52. The van der Waals surface area contributed by atoms with E-state index in [9.17, 15) is 13.8 Å². The zero-order valence-corrected chi connectivity index (χ0v) is 9.71. The van der Waals surface area contributed by atoms with Crippen LogP contribution in [0, 0.1) is 0 Å². The topological polar surface area (TPSA) is 72.8 Å². The molecule has 7 heteroatoms. The summed E-state index contributed by atoms with van der Waals surface area (Å²) in [5.74, 6) is -3.02. The molecule has 0 spiro atoms. The summed E-state index contributed by atoms with van der Waals surface area (Å²) in [6, 6.07) is 0. The Kier molecular flexibility index (Phi) is 6.72. The molecule has 0 aliphatic heterocycles. The van der Waals surface area contributed by atoms with E-state index >= 15 is 0 Å². The van der Waals surface area contributed by atoms with Gasteiger partial charge in [0.1, 0.15) is 0 Å². The lowest BCUT2D eigenvalue weighted by atomic mass is 10.3. The Morgan fingerprint density at radius 1 is 1.40 bits per heavy atom. The lowest BCUT2D eigenvalue weighted by Crippen LogP contribution is -2.10. The van der Waals surface area contributed by atoms with Gasteiger partial charge in [-0.2, -0.15) is 0 Å². The molecule has 0 bridgehead atoms. The van der Waals surface area contributed by atoms with Gasteiger partial charge in [-0.1, -0.05) is 0 Å². The fraction of sp³-hybridized carbons (Fsp3) is 0.875. The largest absolute Gasteiger partial charge is 0.481 e. The molecule has 1 atom stereocenters. The van der Waals surface area contributed by atoms with Crippen molar-refractivity contribution < 1.29 is 27.9 Å². The molecule has 0 aromatic rings. The smallest absolute Gasteiger partial charge is 0.364 e. The predicted octanol–water partition coefficient (Wildman–Crippen LogP) is 2.41. The van der Waals surface area contributed by atoms with Crippen molar-refractivity contribution in [2.75, 3.05) is 13.2 Å². The molecular formula is C8H16FO5P. The maximum absolute atomic E-state index is 13.4. The summed E-state index contributed by atoms with van der Waals surface area (Å²) in [6.07, 6.45) is -0.766. The van der Waals surface area contributed by atoms with Gasteiger partial charge < -0.3 is 14.2 Å². The van der Waals surface area contributed by atoms with Gasteiger partial charge in [-0.25, -0.2) is 4.39 Å². The number of halogens is 1. The summed E-state index contributed by atoms with van der Waals surface area (Å²) >= 11 is 0. The number of carbonyl (C=O) groups is 1. The number of alkyl halides is 1. The molecule has 0 saturated carbocycles. The fourth-order valence-electron chi connectivity index (χ4n) is 0.960. The van der Waals surface area contributed by atoms with Crippen LogP contribution in [0.1, 0.15) is 26.7 Å². The van der Waals surface area contributed by atoms with E-state index in [0.29, 0.717) is 0 Å². The zero-order valence-electron chi connectivity index (χ0n) is 8.81. The van der Waals surface area contributed by atoms with Gasteiger partial charge in [0, 0.05) is 12.8 Å². The minimum atomic E-state index is -3.80. The van der Waals surface area contributed by atoms with Gasteiger partial charge in [0.05, 0.1) is 13.2 Å². The Balaban J connectivity index is 4.34. The molecule has 0 aliphatic rings. The van der Waals surface area contributed by atoms with Gasteiger partial charge >= 0.3 is 13.6 Å². The number of carboxylic acids is 1. The molecule has 0 saturated heterocycles. The van der Waals surface area contributed by atoms with E-state index in [0.717, 1.165) is 0 Å². The number of hydrogen-bond acceptors (Lipinski definition) is 4. The molecule has 0 heterocycles. The van der Waals surface area contributed by atoms with Crippen LogP contribution in [0.15, 0.2) is 0 Å². The van der Waals surface area contributed by atoms with Crippen molar-refractivity contribution in [2.45, 2.75) is 32.6 Å². The van der Waals surface area contributed by atoms with E-state index in [4.69, 9.17) is 14.2 Å². The van der Waals surface area contributed by atoms with Crippen molar-refractivity contribution in [3.63, 3.8) is 0 Å². The number of carboxylic acid groups (broad SMARTS) is 1. The maximum atomic E-state index is 13.4. The molecular weight excluding hydrogens is 226 g/mol. The van der Waals surface area contributed by atoms with Crippen LogP contribution in [0.25, 0.3) is 0 Å². The molecule has 0 aromatic carbocycles. The lowest BCUT2D eigenvalue weighted by molar-refractivity contribution is -0.137. The Labute approximate surface area is 88.1 Å². The Bertz CT molecular complexity index is 235. The van der Waals surface area contributed by atoms with Gasteiger partial charge in [0.2, 0.25) is 5.91 Å². The molecule has 0 fully saturated rings. The van der Waals surface area contributed by atoms with Crippen molar-refractivity contribution in [3.05, 3.63) is 0 Å². The molecule has 1 N–H and O–H groups in total. The summed E-state index contributed by atoms with van der Waals surface area (Å²) in [5, 5.41) is 8.35. The van der Waals surface area contributed by atoms with E-state index in [1.165, 1.54) is 0 Å². The molecule has 0 radical (unpaired) electrons. The van der Waals surface area contributed by atoms with Crippen molar-refractivity contribution >= 4 is 13.6 Å². The van der Waals surface area contributed by atoms with Gasteiger partial charge in [0.15, 0.2) is 0 Å². The average Bonchev–Trinajstić information content (AvgIpc) is 2.14. The van der Waals surface area contributed by atoms with Crippen LogP contribution in [0.2, 0.25) is 0 Å². The average molecular weight is 242 g/mol. The zero-order chi connectivity index (χ0) is 11.9. The first-order chi connectivity index (χ1) is 6.96. The molecule has 1 unspecified atom stereocenters. The van der Waals surface area contributed by atoms with Crippen LogP contribution in [0.4, 0.5) is 4.39 Å². The SMILES string of the molecule is CCOP(=O)(OCC)C(F)CCC(=O)O. The second-order valence-corrected chi connectivity index (χ2v) is 4.90. The molecule has 15 heavy (non-hydrogen) atoms. The maximum Gasteiger partial charge on any atom is 0.364 e. The van der Waals surface area contributed by atoms with Crippen molar-refractivity contribution in [3.8, 4) is 0 Å². The predicted molar refractivity (Wildman–Crippen MR) is 52.6 cm³/mol. The molecule has 0 aromatic heterocycles. The standard InChI is InChI=1S/C8H16FO5P/c1-3-13-15(12,14-4-2)7(9)5-6-8(10)11/h7H,3-6H2,1-2H3,(H,10,11). The molecule has 0 amide bonds. The third-order valence-electron chi connectivity index (χ3n) is 1.56. The second-order valence-electron chi connectivity index (χ2n) is 2.74. The number of rotatable bonds is 8. The number of aliphatic carboxylic acids is 1. The van der Waals surface area contributed by atoms with Crippen LogP contribution in [-0.2, 0) is 18.4 Å². The van der Waals surface area contributed by atoms with Gasteiger partial charge in [-0.3, -0.25) is 9.36 Å². The molecule has 90 valence electrons. The summed E-state index contributed by atoms with van der Waals surface area (Å²) in [4.78, 5) is 10.2. The summed E-state index contributed by atoms with van der Waals surface area (Å²) in [7, 11) is -3.80. The van der Waals surface area contributed by atoms with Crippen LogP contribution in [-0.4, -0.2) is 30.2 Å². The number of hydrogen-bond donors (Lipinski definition) is 1. The van der Waals surface area contributed by atoms with E-state index < -0.39 is 25.9 Å². The summed E-state index contributed by atoms with van der Waals surface area (Å²) in [6.45, 7) is 3.25. The quantitative estimate of drug-likeness (QED) is 0.661. The summed E-state index contributed by atoms with van der Waals surface area (Å²) in [5.41, 5.74) is 0. The minimum Gasteiger partial charge on any atom is -0.481 e. The Morgan fingerprint density at radius 3 is 2.20 bits per heavy atom. The third-order valence-corrected chi connectivity index (χ3v) is 3.74. The highest BCUT2D eigenvalue weighted by Gasteiger charge is 2.35. The van der Waals surface area contributed by atoms with E-state index in [1.54, 1.807) is 13.8 Å². The van der Waals surface area contributed by atoms with Crippen molar-refractivity contribution in [2.24, 2.45) is 0 Å². The first-order valence-electron chi connectivity index (χ1n) is 4.71. The molecule has 0 aliphatic carbocycles.